The van der Waals surface area contributed by atoms with Crippen LogP contribution < -0.4 is 4.74 Å². The van der Waals surface area contributed by atoms with Crippen LogP contribution in [0.4, 0.5) is 10.5 Å². The van der Waals surface area contributed by atoms with Gasteiger partial charge in [-0.3, -0.25) is 10.1 Å². The van der Waals surface area contributed by atoms with E-state index in [2.05, 4.69) is 0 Å². The Morgan fingerprint density at radius 1 is 0.605 bits per heavy atom. The summed E-state index contributed by atoms with van der Waals surface area (Å²) in [4.78, 5) is 21.6. The molecule has 38 heavy (non-hydrogen) atoms. The van der Waals surface area contributed by atoms with Gasteiger partial charge in [-0.05, 0) is 12.1 Å². The van der Waals surface area contributed by atoms with Crippen LogP contribution in [0.3, 0.4) is 0 Å². The molecule has 1 aromatic carbocycles. The summed E-state index contributed by atoms with van der Waals surface area (Å²) in [5.41, 5.74) is -0.103. The second-order valence-electron chi connectivity index (χ2n) is 7.23. The number of nitro groups is 1. The zero-order valence-corrected chi connectivity index (χ0v) is 21.9. The Labute approximate surface area is 222 Å². The summed E-state index contributed by atoms with van der Waals surface area (Å²) in [6.07, 6.45) is -0.923. The fourth-order valence-electron chi connectivity index (χ4n) is 2.51. The van der Waals surface area contributed by atoms with E-state index in [9.17, 15) is 14.9 Å². The largest absolute Gasteiger partial charge is 0.513 e. The third-order valence-electron chi connectivity index (χ3n) is 4.36. The molecule has 14 nitrogen and oxygen atoms in total. The normalized spacial score (nSPS) is 11.0. The molecule has 14 heteroatoms. The molecule has 1 rings (SSSR count). The molecule has 0 N–H and O–H groups in total. The van der Waals surface area contributed by atoms with Crippen LogP contribution in [0.15, 0.2) is 24.3 Å². The van der Waals surface area contributed by atoms with E-state index in [1.54, 1.807) is 7.11 Å². The molecule has 0 atom stereocenters. The van der Waals surface area contributed by atoms with Crippen LogP contribution in [0, 0.1) is 10.1 Å². The Morgan fingerprint density at radius 3 is 1.29 bits per heavy atom. The lowest BCUT2D eigenvalue weighted by Crippen LogP contribution is -2.16. The molecule has 0 aliphatic heterocycles. The molecule has 0 unspecified atom stereocenters. The Balaban J connectivity index is 1.74. The van der Waals surface area contributed by atoms with E-state index in [1.165, 1.54) is 24.3 Å². The predicted molar refractivity (Wildman–Crippen MR) is 133 cm³/mol. The monoisotopic (exact) mass is 549 g/mol. The van der Waals surface area contributed by atoms with Crippen LogP contribution in [-0.4, -0.2) is 124 Å². The van der Waals surface area contributed by atoms with E-state index in [1.807, 2.05) is 0 Å². The predicted octanol–water partition coefficient (Wildman–Crippen LogP) is 1.87. The van der Waals surface area contributed by atoms with Gasteiger partial charge in [0.15, 0.2) is 0 Å². The van der Waals surface area contributed by atoms with Gasteiger partial charge >= 0.3 is 6.16 Å². The number of non-ortho nitro benzene ring substituents is 1. The smallest absolute Gasteiger partial charge is 0.432 e. The molecule has 0 bridgehead atoms. The Morgan fingerprint density at radius 2 is 0.947 bits per heavy atom. The van der Waals surface area contributed by atoms with Gasteiger partial charge in [0.05, 0.1) is 104 Å². The van der Waals surface area contributed by atoms with Gasteiger partial charge in [-0.25, -0.2) is 4.79 Å². The lowest BCUT2D eigenvalue weighted by atomic mass is 10.3. The minimum Gasteiger partial charge on any atom is -0.432 e. The molecule has 0 aromatic heterocycles. The molecule has 1 aromatic rings. The zero-order chi connectivity index (χ0) is 27.5. The van der Waals surface area contributed by atoms with Crippen molar-refractivity contribution in [3.05, 3.63) is 34.4 Å². The minimum atomic E-state index is -0.923. The highest BCUT2D eigenvalue weighted by Gasteiger charge is 2.09. The molecule has 0 radical (unpaired) electrons. The van der Waals surface area contributed by atoms with Gasteiger partial charge in [0.2, 0.25) is 0 Å². The number of carbonyl (C=O) groups is 1. The zero-order valence-electron chi connectivity index (χ0n) is 21.9. The standard InChI is InChI=1S/C24H39NO13/c1-29-6-7-30-8-9-31-10-11-32-12-13-33-14-15-34-16-17-35-18-19-36-20-21-37-24(26)38-23-4-2-22(3-5-23)25(27)28/h2-5H,6-21H2,1H3. The van der Waals surface area contributed by atoms with Crippen LogP contribution in [0.25, 0.3) is 0 Å². The summed E-state index contributed by atoms with van der Waals surface area (Å²) in [6.45, 7) is 6.85. The summed E-state index contributed by atoms with van der Waals surface area (Å²) in [7, 11) is 1.63. The number of ether oxygens (including phenoxy) is 10. The maximum absolute atomic E-state index is 11.6. The molecular weight excluding hydrogens is 510 g/mol. The maximum Gasteiger partial charge on any atom is 0.513 e. The molecule has 0 aliphatic rings. The first-order valence-corrected chi connectivity index (χ1v) is 12.3. The summed E-state index contributed by atoms with van der Waals surface area (Å²) in [5.74, 6) is 0.145. The SMILES string of the molecule is COCCOCCOCCOCCOCCOCCOCCOCCOC(=O)Oc1ccc([N+](=O)[O-])cc1. The van der Waals surface area contributed by atoms with E-state index in [0.29, 0.717) is 92.5 Å². The minimum absolute atomic E-state index is 0.00113. The summed E-state index contributed by atoms with van der Waals surface area (Å²) in [5, 5.41) is 10.6. The third-order valence-corrected chi connectivity index (χ3v) is 4.36. The van der Waals surface area contributed by atoms with Gasteiger partial charge in [0.1, 0.15) is 12.4 Å². The fraction of sp³-hybridized carbons (Fsp3) is 0.708. The van der Waals surface area contributed by atoms with E-state index in [4.69, 9.17) is 47.4 Å². The molecule has 0 amide bonds. The number of nitro benzene ring substituents is 1. The van der Waals surface area contributed by atoms with Crippen molar-refractivity contribution in [2.45, 2.75) is 0 Å². The van der Waals surface area contributed by atoms with Crippen LogP contribution >= 0.6 is 0 Å². The van der Waals surface area contributed by atoms with Crippen molar-refractivity contribution < 1.29 is 57.1 Å². The Kier molecular flexibility index (Phi) is 22.0. The van der Waals surface area contributed by atoms with Gasteiger partial charge in [-0.1, -0.05) is 0 Å². The van der Waals surface area contributed by atoms with Gasteiger partial charge in [0.25, 0.3) is 5.69 Å². The topological polar surface area (TPSA) is 153 Å². The van der Waals surface area contributed by atoms with Crippen molar-refractivity contribution in [3.8, 4) is 5.75 Å². The number of rotatable bonds is 26. The maximum atomic E-state index is 11.6. The molecular formula is C24H39NO13. The lowest BCUT2D eigenvalue weighted by Gasteiger charge is -2.09. The molecule has 218 valence electrons. The van der Waals surface area contributed by atoms with Crippen LogP contribution in [0.1, 0.15) is 0 Å². The van der Waals surface area contributed by atoms with Crippen molar-refractivity contribution in [2.24, 2.45) is 0 Å². The first-order chi connectivity index (χ1) is 18.6. The quantitative estimate of drug-likeness (QED) is 0.0544. The Bertz CT molecular complexity index is 705. The van der Waals surface area contributed by atoms with Crippen molar-refractivity contribution in [2.75, 3.05) is 113 Å². The van der Waals surface area contributed by atoms with Gasteiger partial charge in [0, 0.05) is 19.2 Å². The molecule has 0 saturated carbocycles. The molecule has 0 spiro atoms. The van der Waals surface area contributed by atoms with E-state index in [-0.39, 0.29) is 24.7 Å². The summed E-state index contributed by atoms with van der Waals surface area (Å²) in [6, 6.07) is 5.07. The number of hydrogen-bond donors (Lipinski definition) is 0. The van der Waals surface area contributed by atoms with E-state index >= 15 is 0 Å². The molecule has 0 heterocycles. The van der Waals surface area contributed by atoms with Gasteiger partial charge in [-0.15, -0.1) is 0 Å². The first kappa shape index (κ1) is 33.6. The summed E-state index contributed by atoms with van der Waals surface area (Å²) < 4.78 is 52.1. The van der Waals surface area contributed by atoms with Gasteiger partial charge < -0.3 is 47.4 Å². The van der Waals surface area contributed by atoms with E-state index < -0.39 is 11.1 Å². The number of methoxy groups -OCH3 is 1. The molecule has 0 saturated heterocycles. The number of benzene rings is 1. The lowest BCUT2D eigenvalue weighted by molar-refractivity contribution is -0.384. The highest BCUT2D eigenvalue weighted by Crippen LogP contribution is 2.17. The number of hydrogen-bond acceptors (Lipinski definition) is 13. The molecule has 0 aliphatic carbocycles. The van der Waals surface area contributed by atoms with Crippen LogP contribution in [0.5, 0.6) is 5.75 Å². The second kappa shape index (κ2) is 24.9. The first-order valence-electron chi connectivity index (χ1n) is 12.3. The average Bonchev–Trinajstić information content (AvgIpc) is 2.91. The third kappa shape index (κ3) is 20.6. The van der Waals surface area contributed by atoms with Crippen LogP contribution in [0.2, 0.25) is 0 Å². The Hall–Kier alpha value is -2.43. The number of nitrogens with zero attached hydrogens (tertiary/aromatic N) is 1. The fourth-order valence-corrected chi connectivity index (χ4v) is 2.51. The molecule has 0 fully saturated rings. The van der Waals surface area contributed by atoms with E-state index in [0.717, 1.165) is 0 Å². The van der Waals surface area contributed by atoms with Crippen molar-refractivity contribution >= 4 is 11.8 Å². The van der Waals surface area contributed by atoms with Gasteiger partial charge in [-0.2, -0.15) is 0 Å². The highest BCUT2D eigenvalue weighted by atomic mass is 16.7. The second-order valence-corrected chi connectivity index (χ2v) is 7.23. The highest BCUT2D eigenvalue weighted by molar-refractivity contribution is 5.63. The number of carbonyl (C=O) groups excluding carboxylic acids is 1. The van der Waals surface area contributed by atoms with Crippen LogP contribution in [-0.2, 0) is 42.6 Å². The average molecular weight is 550 g/mol. The summed E-state index contributed by atoms with van der Waals surface area (Å²) >= 11 is 0. The van der Waals surface area contributed by atoms with Crippen molar-refractivity contribution in [1.29, 1.82) is 0 Å². The van der Waals surface area contributed by atoms with Crippen molar-refractivity contribution in [3.63, 3.8) is 0 Å². The van der Waals surface area contributed by atoms with Crippen molar-refractivity contribution in [1.82, 2.24) is 0 Å².